The zero-order valence-corrected chi connectivity index (χ0v) is 17.1. The van der Waals surface area contributed by atoms with Crippen LogP contribution in [0.15, 0.2) is 41.3 Å². The van der Waals surface area contributed by atoms with Gasteiger partial charge in [0.2, 0.25) is 12.7 Å². The van der Waals surface area contributed by atoms with E-state index in [0.29, 0.717) is 28.5 Å². The van der Waals surface area contributed by atoms with Gasteiger partial charge < -0.3 is 19.5 Å². The smallest absolute Gasteiger partial charge is 0.294 e. The van der Waals surface area contributed by atoms with E-state index in [9.17, 15) is 14.4 Å². The first-order valence-corrected chi connectivity index (χ1v) is 9.86. The average Bonchev–Trinajstić information content (AvgIpc) is 3.28. The summed E-state index contributed by atoms with van der Waals surface area (Å²) in [4.78, 5) is 38.5. The summed E-state index contributed by atoms with van der Waals surface area (Å²) in [5.74, 6) is 0.554. The zero-order valence-electron chi connectivity index (χ0n) is 16.3. The molecule has 0 aromatic heterocycles. The second kappa shape index (κ2) is 8.11. The molecule has 9 heteroatoms. The summed E-state index contributed by atoms with van der Waals surface area (Å²) in [5, 5.41) is 2.17. The molecular formula is C21H18N2O6S. The number of nitrogens with one attached hydrogen (secondary N) is 1. The lowest BCUT2D eigenvalue weighted by atomic mass is 10.1. The third kappa shape index (κ3) is 3.97. The van der Waals surface area contributed by atoms with Gasteiger partial charge in [0, 0.05) is 17.3 Å². The van der Waals surface area contributed by atoms with Crippen molar-refractivity contribution in [1.29, 1.82) is 0 Å². The van der Waals surface area contributed by atoms with Crippen molar-refractivity contribution in [2.45, 2.75) is 6.92 Å². The molecule has 30 heavy (non-hydrogen) atoms. The van der Waals surface area contributed by atoms with Gasteiger partial charge in [-0.05, 0) is 43.0 Å². The van der Waals surface area contributed by atoms with Crippen LogP contribution in [-0.4, -0.2) is 42.4 Å². The van der Waals surface area contributed by atoms with Crippen LogP contribution in [0.2, 0.25) is 0 Å². The van der Waals surface area contributed by atoms with E-state index in [1.807, 2.05) is 19.1 Å². The number of fused-ring (bicyclic) bond motifs is 1. The Hall–Kier alpha value is -3.46. The van der Waals surface area contributed by atoms with Gasteiger partial charge in [0.25, 0.3) is 11.1 Å². The molecule has 2 aliphatic heterocycles. The monoisotopic (exact) mass is 426 g/mol. The Morgan fingerprint density at radius 2 is 1.90 bits per heavy atom. The number of anilines is 1. The maximum absolute atomic E-state index is 12.7. The van der Waals surface area contributed by atoms with Gasteiger partial charge in [-0.3, -0.25) is 19.3 Å². The molecule has 2 aromatic carbocycles. The molecule has 2 aliphatic rings. The number of benzene rings is 2. The Bertz CT molecular complexity index is 1060. The number of carbonyl (C=O) groups excluding carboxylic acids is 3. The van der Waals surface area contributed by atoms with Crippen LogP contribution in [0.3, 0.4) is 0 Å². The number of thioether (sulfide) groups is 1. The van der Waals surface area contributed by atoms with Crippen molar-refractivity contribution >= 4 is 40.6 Å². The minimum absolute atomic E-state index is 0.106. The molecule has 0 saturated carbocycles. The van der Waals surface area contributed by atoms with Crippen molar-refractivity contribution in [2.75, 3.05) is 25.8 Å². The number of ether oxygens (including phenoxy) is 3. The molecule has 3 amide bonds. The van der Waals surface area contributed by atoms with Gasteiger partial charge in [0.1, 0.15) is 12.3 Å². The highest BCUT2D eigenvalue weighted by Gasteiger charge is 2.36. The third-order valence-electron chi connectivity index (χ3n) is 4.52. The fourth-order valence-corrected chi connectivity index (χ4v) is 3.82. The lowest BCUT2D eigenvalue weighted by Crippen LogP contribution is -2.36. The van der Waals surface area contributed by atoms with Crippen LogP contribution in [0.5, 0.6) is 17.2 Å². The first kappa shape index (κ1) is 19.8. The number of amides is 3. The van der Waals surface area contributed by atoms with E-state index in [4.69, 9.17) is 14.2 Å². The van der Waals surface area contributed by atoms with Gasteiger partial charge in [-0.1, -0.05) is 17.7 Å². The first-order valence-electron chi connectivity index (χ1n) is 9.04. The molecule has 8 nitrogen and oxygen atoms in total. The van der Waals surface area contributed by atoms with Gasteiger partial charge in [0.05, 0.1) is 12.0 Å². The lowest BCUT2D eigenvalue weighted by molar-refractivity contribution is -0.127. The van der Waals surface area contributed by atoms with Gasteiger partial charge in [-0.2, -0.15) is 0 Å². The number of carbonyl (C=O) groups is 3. The van der Waals surface area contributed by atoms with Crippen LogP contribution in [0.4, 0.5) is 10.5 Å². The third-order valence-corrected chi connectivity index (χ3v) is 5.43. The number of imide groups is 1. The highest BCUT2D eigenvalue weighted by Crippen LogP contribution is 2.40. The highest BCUT2D eigenvalue weighted by molar-refractivity contribution is 8.18. The second-order valence-electron chi connectivity index (χ2n) is 6.63. The summed E-state index contributed by atoms with van der Waals surface area (Å²) in [6.07, 6.45) is 1.55. The largest absolute Gasteiger partial charge is 0.496 e. The molecular weight excluding hydrogens is 408 g/mol. The summed E-state index contributed by atoms with van der Waals surface area (Å²) < 4.78 is 16.0. The molecule has 0 bridgehead atoms. The van der Waals surface area contributed by atoms with Crippen LogP contribution in [-0.2, 0) is 9.59 Å². The van der Waals surface area contributed by atoms with Crippen molar-refractivity contribution < 1.29 is 28.6 Å². The van der Waals surface area contributed by atoms with Gasteiger partial charge in [-0.25, -0.2) is 0 Å². The molecule has 0 spiro atoms. The maximum atomic E-state index is 12.7. The number of hydrogen-bond acceptors (Lipinski definition) is 7. The van der Waals surface area contributed by atoms with E-state index in [-0.39, 0.29) is 18.2 Å². The molecule has 0 radical (unpaired) electrons. The fraction of sp³-hybridized carbons (Fsp3) is 0.190. The Labute approximate surface area is 176 Å². The normalized spacial score (nSPS) is 16.3. The molecule has 0 unspecified atom stereocenters. The summed E-state index contributed by atoms with van der Waals surface area (Å²) in [6, 6.07) is 10.6. The van der Waals surface area contributed by atoms with Crippen LogP contribution in [0.25, 0.3) is 6.08 Å². The molecule has 2 aromatic rings. The van der Waals surface area contributed by atoms with Crippen molar-refractivity contribution in [3.8, 4) is 17.2 Å². The predicted molar refractivity (Wildman–Crippen MR) is 112 cm³/mol. The molecule has 1 saturated heterocycles. The fourth-order valence-electron chi connectivity index (χ4n) is 2.99. The second-order valence-corrected chi connectivity index (χ2v) is 7.62. The van der Waals surface area contributed by atoms with Crippen LogP contribution < -0.4 is 19.5 Å². The molecule has 2 heterocycles. The number of hydrogen-bond donors (Lipinski definition) is 1. The lowest BCUT2D eigenvalue weighted by Gasteiger charge is -2.12. The van der Waals surface area contributed by atoms with Crippen molar-refractivity contribution in [3.63, 3.8) is 0 Å². The number of methoxy groups -OCH3 is 1. The van der Waals surface area contributed by atoms with Gasteiger partial charge in [-0.15, -0.1) is 0 Å². The molecule has 4 rings (SSSR count). The van der Waals surface area contributed by atoms with E-state index >= 15 is 0 Å². The Balaban J connectivity index is 1.50. The summed E-state index contributed by atoms with van der Waals surface area (Å²) in [7, 11) is 1.50. The van der Waals surface area contributed by atoms with Crippen molar-refractivity contribution in [3.05, 3.63) is 52.4 Å². The Kier molecular flexibility index (Phi) is 5.37. The van der Waals surface area contributed by atoms with Crippen LogP contribution in [0.1, 0.15) is 11.1 Å². The Morgan fingerprint density at radius 1 is 1.20 bits per heavy atom. The SMILES string of the molecule is COc1cc2c(cc1/C=C1\SC(=O)N(CC(=O)Nc3ccc(C)cc3)C1=O)OCO2. The summed E-state index contributed by atoms with van der Waals surface area (Å²) in [5.41, 5.74) is 2.22. The molecule has 0 aliphatic carbocycles. The van der Waals surface area contributed by atoms with Crippen LogP contribution >= 0.6 is 11.8 Å². The van der Waals surface area contributed by atoms with E-state index in [2.05, 4.69) is 5.32 Å². The highest BCUT2D eigenvalue weighted by atomic mass is 32.2. The number of aryl methyl sites for hydroxylation is 1. The number of nitrogens with zero attached hydrogens (tertiary/aromatic N) is 1. The minimum atomic E-state index is -0.538. The minimum Gasteiger partial charge on any atom is -0.496 e. The maximum Gasteiger partial charge on any atom is 0.294 e. The first-order chi connectivity index (χ1) is 14.4. The standard InChI is InChI=1S/C21H18N2O6S/c1-12-3-5-14(6-4-12)22-19(24)10-23-20(25)18(30-21(23)26)8-13-7-16-17(29-11-28-16)9-15(13)27-2/h3-9H,10-11H2,1-2H3,(H,22,24)/b18-8-. The van der Waals surface area contributed by atoms with Crippen molar-refractivity contribution in [1.82, 2.24) is 4.90 Å². The molecule has 0 atom stereocenters. The van der Waals surface area contributed by atoms with Crippen molar-refractivity contribution in [2.24, 2.45) is 0 Å². The van der Waals surface area contributed by atoms with E-state index < -0.39 is 17.1 Å². The molecule has 1 fully saturated rings. The average molecular weight is 426 g/mol. The zero-order chi connectivity index (χ0) is 21.3. The quantitative estimate of drug-likeness (QED) is 0.732. The van der Waals surface area contributed by atoms with Gasteiger partial charge >= 0.3 is 0 Å². The van der Waals surface area contributed by atoms with Crippen LogP contribution in [0, 0.1) is 6.92 Å². The van der Waals surface area contributed by atoms with E-state index in [1.165, 1.54) is 7.11 Å². The summed E-state index contributed by atoms with van der Waals surface area (Å²) >= 11 is 0.770. The van der Waals surface area contributed by atoms with E-state index in [0.717, 1.165) is 22.2 Å². The Morgan fingerprint density at radius 3 is 2.60 bits per heavy atom. The molecule has 1 N–H and O–H groups in total. The topological polar surface area (TPSA) is 94.2 Å². The van der Waals surface area contributed by atoms with Gasteiger partial charge in [0.15, 0.2) is 11.5 Å². The molecule has 154 valence electrons. The summed E-state index contributed by atoms with van der Waals surface area (Å²) in [6.45, 7) is 1.68. The van der Waals surface area contributed by atoms with E-state index in [1.54, 1.807) is 30.3 Å². The predicted octanol–water partition coefficient (Wildman–Crippen LogP) is 3.41. The number of rotatable bonds is 5.